The first-order valence-corrected chi connectivity index (χ1v) is 6.76. The average molecular weight is 332 g/mol. The number of ketones is 1. The molecular weight excluding hydrogens is 312 g/mol. The highest BCUT2D eigenvalue weighted by Crippen LogP contribution is 2.05. The molecule has 0 aromatic rings. The average Bonchev–Trinajstić information content (AvgIpc) is 2.44. The van der Waals surface area contributed by atoms with Crippen molar-refractivity contribution in [2.45, 2.75) is 52.4 Å². The third-order valence-corrected chi connectivity index (χ3v) is 2.48. The zero-order valence-corrected chi connectivity index (χ0v) is 13.6. The van der Waals surface area contributed by atoms with E-state index in [4.69, 9.17) is 9.47 Å². The van der Waals surface area contributed by atoms with Crippen LogP contribution in [0, 0.1) is 0 Å². The molecule has 23 heavy (non-hydrogen) atoms. The van der Waals surface area contributed by atoms with Gasteiger partial charge >= 0.3 is 23.9 Å². The number of ether oxygens (including phenoxy) is 4. The minimum absolute atomic E-state index is 0.413. The van der Waals surface area contributed by atoms with Crippen LogP contribution >= 0.6 is 0 Å². The predicted octanol–water partition coefficient (Wildman–Crippen LogP) is -0.0664. The van der Waals surface area contributed by atoms with Crippen LogP contribution < -0.4 is 0 Å². The molecule has 0 saturated heterocycles. The van der Waals surface area contributed by atoms with Crippen molar-refractivity contribution in [3.8, 4) is 0 Å². The van der Waals surface area contributed by atoms with Crippen LogP contribution in [-0.4, -0.2) is 55.1 Å². The minimum Gasteiger partial charge on any atom is -0.466 e. The number of hydrogen-bond donors (Lipinski definition) is 0. The number of methoxy groups -OCH3 is 1. The van der Waals surface area contributed by atoms with Crippen molar-refractivity contribution in [3.05, 3.63) is 0 Å². The highest BCUT2D eigenvalue weighted by atomic mass is 16.6. The standard InChI is InChI=1S/C14H20O9/c1-7(15)6-11(16)21-9(3)13(18)23-10(4)14(19)22-8(2)12(17)20-5/h8-10H,6H2,1-5H3. The summed E-state index contributed by atoms with van der Waals surface area (Å²) >= 11 is 0. The van der Waals surface area contributed by atoms with E-state index in [0.29, 0.717) is 0 Å². The largest absolute Gasteiger partial charge is 0.466 e. The van der Waals surface area contributed by atoms with Gasteiger partial charge in [0.15, 0.2) is 18.3 Å². The van der Waals surface area contributed by atoms with E-state index in [-0.39, 0.29) is 0 Å². The molecule has 0 aromatic heterocycles. The molecule has 0 aliphatic carbocycles. The highest BCUT2D eigenvalue weighted by molar-refractivity contribution is 5.95. The Morgan fingerprint density at radius 3 is 1.52 bits per heavy atom. The fraction of sp³-hybridized carbons (Fsp3) is 0.643. The van der Waals surface area contributed by atoms with Gasteiger partial charge in [-0.15, -0.1) is 0 Å². The first-order chi connectivity index (χ1) is 10.6. The maximum Gasteiger partial charge on any atom is 0.347 e. The van der Waals surface area contributed by atoms with E-state index < -0.39 is 54.4 Å². The topological polar surface area (TPSA) is 122 Å². The maximum absolute atomic E-state index is 11.7. The van der Waals surface area contributed by atoms with Crippen molar-refractivity contribution in [1.29, 1.82) is 0 Å². The summed E-state index contributed by atoms with van der Waals surface area (Å²) in [4.78, 5) is 56.4. The smallest absolute Gasteiger partial charge is 0.347 e. The van der Waals surface area contributed by atoms with Crippen LogP contribution in [0.1, 0.15) is 34.1 Å². The first kappa shape index (κ1) is 20.6. The summed E-state index contributed by atoms with van der Waals surface area (Å²) in [5.74, 6) is -4.00. The molecule has 0 spiro atoms. The van der Waals surface area contributed by atoms with Crippen molar-refractivity contribution in [2.24, 2.45) is 0 Å². The molecule has 0 heterocycles. The Labute approximate surface area is 133 Å². The second-order valence-electron chi connectivity index (χ2n) is 4.69. The third-order valence-electron chi connectivity index (χ3n) is 2.48. The van der Waals surface area contributed by atoms with Crippen LogP contribution in [-0.2, 0) is 42.9 Å². The molecule has 9 heteroatoms. The quantitative estimate of drug-likeness (QED) is 0.341. The molecule has 0 radical (unpaired) electrons. The molecule has 0 rings (SSSR count). The molecule has 0 aliphatic heterocycles. The lowest BCUT2D eigenvalue weighted by atomic mass is 10.3. The maximum atomic E-state index is 11.7. The van der Waals surface area contributed by atoms with E-state index in [1.54, 1.807) is 0 Å². The van der Waals surface area contributed by atoms with Gasteiger partial charge < -0.3 is 18.9 Å². The lowest BCUT2D eigenvalue weighted by Gasteiger charge is -2.18. The summed E-state index contributed by atoms with van der Waals surface area (Å²) in [6.45, 7) is 4.96. The first-order valence-electron chi connectivity index (χ1n) is 6.76. The van der Waals surface area contributed by atoms with Crippen LogP contribution in [0.25, 0.3) is 0 Å². The van der Waals surface area contributed by atoms with E-state index in [2.05, 4.69) is 9.47 Å². The Balaban J connectivity index is 4.42. The SMILES string of the molecule is COC(=O)C(C)OC(=O)C(C)OC(=O)C(C)OC(=O)CC(C)=O. The Morgan fingerprint density at radius 1 is 0.739 bits per heavy atom. The minimum atomic E-state index is -1.32. The third kappa shape index (κ3) is 7.93. The van der Waals surface area contributed by atoms with Gasteiger partial charge in [0.2, 0.25) is 0 Å². The van der Waals surface area contributed by atoms with E-state index >= 15 is 0 Å². The number of carbonyl (C=O) groups is 5. The van der Waals surface area contributed by atoms with E-state index in [9.17, 15) is 24.0 Å². The van der Waals surface area contributed by atoms with Gasteiger partial charge in [-0.3, -0.25) is 9.59 Å². The molecule has 0 aromatic carbocycles. The summed E-state index contributed by atoms with van der Waals surface area (Å²) in [5.41, 5.74) is 0. The van der Waals surface area contributed by atoms with Crippen LogP contribution in [0.15, 0.2) is 0 Å². The van der Waals surface area contributed by atoms with Gasteiger partial charge in [0.1, 0.15) is 12.2 Å². The molecule has 0 aliphatic rings. The molecule has 9 nitrogen and oxygen atoms in total. The van der Waals surface area contributed by atoms with Crippen LogP contribution in [0.3, 0.4) is 0 Å². The second kappa shape index (κ2) is 9.54. The van der Waals surface area contributed by atoms with Gasteiger partial charge in [-0.2, -0.15) is 0 Å². The number of Topliss-reactive ketones (excluding diaryl/α,β-unsaturated/α-hetero) is 1. The molecule has 0 fully saturated rings. The zero-order chi connectivity index (χ0) is 18.2. The van der Waals surface area contributed by atoms with Gasteiger partial charge in [-0.05, 0) is 27.7 Å². The molecule has 0 saturated carbocycles. The number of esters is 4. The van der Waals surface area contributed by atoms with Crippen LogP contribution in [0.2, 0.25) is 0 Å². The van der Waals surface area contributed by atoms with Crippen molar-refractivity contribution >= 4 is 29.7 Å². The van der Waals surface area contributed by atoms with Crippen molar-refractivity contribution in [2.75, 3.05) is 7.11 Å². The zero-order valence-electron chi connectivity index (χ0n) is 13.6. The van der Waals surface area contributed by atoms with Crippen LogP contribution in [0.5, 0.6) is 0 Å². The normalized spacial score (nSPS) is 14.0. The van der Waals surface area contributed by atoms with E-state index in [1.165, 1.54) is 27.7 Å². The Hall–Kier alpha value is -2.45. The fourth-order valence-corrected chi connectivity index (χ4v) is 1.29. The van der Waals surface area contributed by atoms with Crippen LogP contribution in [0.4, 0.5) is 0 Å². The predicted molar refractivity (Wildman–Crippen MR) is 74.0 cm³/mol. The Morgan fingerprint density at radius 2 is 1.13 bits per heavy atom. The molecular formula is C14H20O9. The van der Waals surface area contributed by atoms with Crippen molar-refractivity contribution < 1.29 is 42.9 Å². The van der Waals surface area contributed by atoms with Gasteiger partial charge in [0.05, 0.1) is 7.11 Å². The van der Waals surface area contributed by atoms with Crippen molar-refractivity contribution in [3.63, 3.8) is 0 Å². The number of carbonyl (C=O) groups excluding carboxylic acids is 5. The number of hydrogen-bond acceptors (Lipinski definition) is 9. The Kier molecular flexibility index (Phi) is 8.53. The van der Waals surface area contributed by atoms with Gasteiger partial charge in [0, 0.05) is 0 Å². The summed E-state index contributed by atoms with van der Waals surface area (Å²) in [5, 5.41) is 0. The summed E-state index contributed by atoms with van der Waals surface area (Å²) in [6, 6.07) is 0. The summed E-state index contributed by atoms with van der Waals surface area (Å²) < 4.78 is 18.6. The summed E-state index contributed by atoms with van der Waals surface area (Å²) in [7, 11) is 1.13. The molecule has 0 bridgehead atoms. The fourth-order valence-electron chi connectivity index (χ4n) is 1.29. The lowest BCUT2D eigenvalue weighted by molar-refractivity contribution is -0.181. The number of rotatable bonds is 8. The van der Waals surface area contributed by atoms with Gasteiger partial charge in [-0.25, -0.2) is 14.4 Å². The van der Waals surface area contributed by atoms with Gasteiger partial charge in [-0.1, -0.05) is 0 Å². The molecule has 0 amide bonds. The second-order valence-corrected chi connectivity index (χ2v) is 4.69. The molecule has 3 atom stereocenters. The van der Waals surface area contributed by atoms with Crippen molar-refractivity contribution in [1.82, 2.24) is 0 Å². The Bertz CT molecular complexity index is 483. The summed E-state index contributed by atoms with van der Waals surface area (Å²) in [6.07, 6.45) is -4.23. The molecule has 3 unspecified atom stereocenters. The molecule has 130 valence electrons. The van der Waals surface area contributed by atoms with E-state index in [0.717, 1.165) is 7.11 Å². The molecule has 0 N–H and O–H groups in total. The van der Waals surface area contributed by atoms with E-state index in [1.807, 2.05) is 0 Å². The lowest BCUT2D eigenvalue weighted by Crippen LogP contribution is -2.36. The van der Waals surface area contributed by atoms with Gasteiger partial charge in [0.25, 0.3) is 0 Å². The highest BCUT2D eigenvalue weighted by Gasteiger charge is 2.28. The monoisotopic (exact) mass is 332 g/mol.